The highest BCUT2D eigenvalue weighted by Gasteiger charge is 2.30. The molecule has 2 aromatic rings. The summed E-state index contributed by atoms with van der Waals surface area (Å²) in [6.07, 6.45) is 3.86. The van der Waals surface area contributed by atoms with Gasteiger partial charge in [0.15, 0.2) is 5.69 Å². The lowest BCUT2D eigenvalue weighted by Crippen LogP contribution is -2.15. The molecule has 0 bridgehead atoms. The fourth-order valence-corrected chi connectivity index (χ4v) is 2.00. The fraction of sp³-hybridized carbons (Fsp3) is 0.308. The molecule has 1 saturated carbocycles. The average Bonchev–Trinajstić information content (AvgIpc) is 3.13. The summed E-state index contributed by atoms with van der Waals surface area (Å²) in [6, 6.07) is 3.66. The number of rotatable bonds is 3. The zero-order chi connectivity index (χ0) is 13.4. The molecule has 6 nitrogen and oxygen atoms in total. The van der Waals surface area contributed by atoms with Crippen molar-refractivity contribution < 1.29 is 4.79 Å². The van der Waals surface area contributed by atoms with Gasteiger partial charge < -0.3 is 11.1 Å². The summed E-state index contributed by atoms with van der Waals surface area (Å²) >= 11 is 0. The molecule has 2 heterocycles. The third kappa shape index (κ3) is 2.29. The van der Waals surface area contributed by atoms with Crippen molar-refractivity contribution in [2.24, 2.45) is 0 Å². The Morgan fingerprint density at radius 3 is 3.00 bits per heavy atom. The maximum absolute atomic E-state index is 12.1. The lowest BCUT2D eigenvalue weighted by Gasteiger charge is -2.03. The molecule has 0 aliphatic heterocycles. The molecule has 98 valence electrons. The Labute approximate surface area is 110 Å². The second kappa shape index (κ2) is 4.38. The number of nitrogens with one attached hydrogen (secondary N) is 2. The molecule has 19 heavy (non-hydrogen) atoms. The molecule has 0 spiro atoms. The van der Waals surface area contributed by atoms with E-state index < -0.39 is 0 Å². The van der Waals surface area contributed by atoms with Gasteiger partial charge in [-0.05, 0) is 37.5 Å². The Morgan fingerprint density at radius 1 is 1.53 bits per heavy atom. The van der Waals surface area contributed by atoms with Crippen molar-refractivity contribution in [2.45, 2.75) is 25.7 Å². The van der Waals surface area contributed by atoms with Gasteiger partial charge in [0.25, 0.3) is 5.91 Å². The highest BCUT2D eigenvalue weighted by atomic mass is 16.2. The molecule has 3 rings (SSSR count). The highest BCUT2D eigenvalue weighted by Crippen LogP contribution is 2.42. The molecular weight excluding hydrogens is 242 g/mol. The number of carbonyl (C=O) groups is 1. The third-order valence-corrected chi connectivity index (χ3v) is 3.19. The Bertz CT molecular complexity index is 630. The van der Waals surface area contributed by atoms with E-state index in [4.69, 9.17) is 5.73 Å². The molecule has 6 heteroatoms. The summed E-state index contributed by atoms with van der Waals surface area (Å²) in [5.74, 6) is 0.602. The van der Waals surface area contributed by atoms with Crippen LogP contribution in [0.3, 0.4) is 0 Å². The highest BCUT2D eigenvalue weighted by molar-refractivity contribution is 6.06. The van der Waals surface area contributed by atoms with Gasteiger partial charge in [-0.15, -0.1) is 0 Å². The van der Waals surface area contributed by atoms with Crippen LogP contribution in [-0.2, 0) is 0 Å². The monoisotopic (exact) mass is 257 g/mol. The van der Waals surface area contributed by atoms with Crippen LogP contribution in [0.15, 0.2) is 18.3 Å². The molecule has 2 aromatic heterocycles. The molecule has 4 N–H and O–H groups in total. The van der Waals surface area contributed by atoms with Gasteiger partial charge in [-0.1, -0.05) is 0 Å². The van der Waals surface area contributed by atoms with Gasteiger partial charge in [0.2, 0.25) is 0 Å². The molecule has 0 saturated heterocycles. The molecule has 0 atom stereocenters. The number of hydrogen-bond acceptors (Lipinski definition) is 4. The van der Waals surface area contributed by atoms with Crippen LogP contribution in [0.4, 0.5) is 11.5 Å². The normalized spacial score (nSPS) is 14.4. The van der Waals surface area contributed by atoms with Crippen LogP contribution in [0, 0.1) is 6.92 Å². The first-order valence-corrected chi connectivity index (χ1v) is 6.23. The number of pyridine rings is 1. The van der Waals surface area contributed by atoms with Crippen molar-refractivity contribution in [1.82, 2.24) is 15.2 Å². The minimum absolute atomic E-state index is 0.241. The summed E-state index contributed by atoms with van der Waals surface area (Å²) in [5.41, 5.74) is 8.55. The predicted octanol–water partition coefficient (Wildman–Crippen LogP) is 1.83. The van der Waals surface area contributed by atoms with Crippen molar-refractivity contribution in [3.63, 3.8) is 0 Å². The summed E-state index contributed by atoms with van der Waals surface area (Å²) in [4.78, 5) is 16.2. The van der Waals surface area contributed by atoms with E-state index in [0.717, 1.165) is 24.1 Å². The Hall–Kier alpha value is -2.37. The number of nitrogens with two attached hydrogens (primary N) is 1. The SMILES string of the molecule is Cc1ccnc(NC(=O)c2n[nH]c(C3CC3)c2N)c1. The lowest BCUT2D eigenvalue weighted by atomic mass is 10.2. The van der Waals surface area contributed by atoms with Crippen molar-refractivity contribution in [3.8, 4) is 0 Å². The zero-order valence-corrected chi connectivity index (χ0v) is 10.6. The number of aromatic amines is 1. The number of H-pyrrole nitrogens is 1. The Balaban J connectivity index is 1.80. The number of amides is 1. The summed E-state index contributed by atoms with van der Waals surface area (Å²) in [5, 5.41) is 9.56. The van der Waals surface area contributed by atoms with Crippen molar-refractivity contribution in [2.75, 3.05) is 11.1 Å². The molecular formula is C13H15N5O. The van der Waals surface area contributed by atoms with E-state index in [2.05, 4.69) is 20.5 Å². The molecule has 1 aliphatic carbocycles. The van der Waals surface area contributed by atoms with Crippen LogP contribution in [-0.4, -0.2) is 21.1 Å². The molecule has 1 fully saturated rings. The van der Waals surface area contributed by atoms with Gasteiger partial charge in [0.1, 0.15) is 5.82 Å². The van der Waals surface area contributed by atoms with Crippen LogP contribution >= 0.6 is 0 Å². The van der Waals surface area contributed by atoms with Crippen LogP contribution in [0.25, 0.3) is 0 Å². The number of nitrogen functional groups attached to an aromatic ring is 1. The molecule has 0 aromatic carbocycles. The number of carbonyl (C=O) groups excluding carboxylic acids is 1. The second-order valence-electron chi connectivity index (χ2n) is 4.85. The maximum Gasteiger partial charge on any atom is 0.279 e. The summed E-state index contributed by atoms with van der Waals surface area (Å²) < 4.78 is 0. The minimum Gasteiger partial charge on any atom is -0.395 e. The molecule has 0 radical (unpaired) electrons. The van der Waals surface area contributed by atoms with E-state index in [0.29, 0.717) is 17.4 Å². The number of hydrogen-bond donors (Lipinski definition) is 3. The zero-order valence-electron chi connectivity index (χ0n) is 10.6. The third-order valence-electron chi connectivity index (χ3n) is 3.19. The van der Waals surface area contributed by atoms with Crippen molar-refractivity contribution in [1.29, 1.82) is 0 Å². The van der Waals surface area contributed by atoms with Crippen LogP contribution in [0.1, 0.15) is 40.5 Å². The number of aromatic nitrogens is 3. The Morgan fingerprint density at radius 2 is 2.32 bits per heavy atom. The topological polar surface area (TPSA) is 96.7 Å². The van der Waals surface area contributed by atoms with Crippen molar-refractivity contribution in [3.05, 3.63) is 35.3 Å². The van der Waals surface area contributed by atoms with E-state index >= 15 is 0 Å². The van der Waals surface area contributed by atoms with Gasteiger partial charge in [-0.25, -0.2) is 4.98 Å². The van der Waals surface area contributed by atoms with E-state index in [1.807, 2.05) is 13.0 Å². The lowest BCUT2D eigenvalue weighted by molar-refractivity contribution is 0.102. The predicted molar refractivity (Wildman–Crippen MR) is 71.9 cm³/mol. The van der Waals surface area contributed by atoms with E-state index in [1.165, 1.54) is 0 Å². The van der Waals surface area contributed by atoms with E-state index in [1.54, 1.807) is 12.3 Å². The molecule has 0 unspecified atom stereocenters. The van der Waals surface area contributed by atoms with Gasteiger partial charge >= 0.3 is 0 Å². The number of anilines is 2. The summed E-state index contributed by atoms with van der Waals surface area (Å²) in [7, 11) is 0. The number of aryl methyl sites for hydroxylation is 1. The van der Waals surface area contributed by atoms with Crippen molar-refractivity contribution >= 4 is 17.4 Å². The first kappa shape index (κ1) is 11.7. The first-order chi connectivity index (χ1) is 9.15. The quantitative estimate of drug-likeness (QED) is 0.781. The largest absolute Gasteiger partial charge is 0.395 e. The fourth-order valence-electron chi connectivity index (χ4n) is 2.00. The second-order valence-corrected chi connectivity index (χ2v) is 4.85. The van der Waals surface area contributed by atoms with Gasteiger partial charge in [0, 0.05) is 12.1 Å². The van der Waals surface area contributed by atoms with Gasteiger partial charge in [0.05, 0.1) is 11.4 Å². The van der Waals surface area contributed by atoms with Gasteiger partial charge in [-0.3, -0.25) is 9.89 Å². The average molecular weight is 257 g/mol. The maximum atomic E-state index is 12.1. The van der Waals surface area contributed by atoms with Crippen LogP contribution in [0.5, 0.6) is 0 Å². The van der Waals surface area contributed by atoms with E-state index in [-0.39, 0.29) is 11.6 Å². The smallest absolute Gasteiger partial charge is 0.279 e. The Kier molecular flexibility index (Phi) is 2.70. The molecule has 1 aliphatic rings. The first-order valence-electron chi connectivity index (χ1n) is 6.23. The van der Waals surface area contributed by atoms with Gasteiger partial charge in [-0.2, -0.15) is 5.10 Å². The number of nitrogens with zero attached hydrogens (tertiary/aromatic N) is 2. The van der Waals surface area contributed by atoms with Crippen LogP contribution in [0.2, 0.25) is 0 Å². The minimum atomic E-state index is -0.334. The van der Waals surface area contributed by atoms with Crippen LogP contribution < -0.4 is 11.1 Å². The van der Waals surface area contributed by atoms with E-state index in [9.17, 15) is 4.79 Å². The molecule has 1 amide bonds. The standard InChI is InChI=1S/C13H15N5O/c1-7-4-5-15-9(6-7)16-13(19)12-10(14)11(17-18-12)8-2-3-8/h4-6,8H,2-3,14H2,1H3,(H,17,18)(H,15,16,19). The summed E-state index contributed by atoms with van der Waals surface area (Å²) in [6.45, 7) is 1.94.